The molecule has 0 spiro atoms. The fraction of sp³-hybridized carbons (Fsp3) is 0.650. The Morgan fingerprint density at radius 1 is 1.22 bits per heavy atom. The van der Waals surface area contributed by atoms with Crippen LogP contribution in [0.4, 0.5) is 0 Å². The molecule has 23 heavy (non-hydrogen) atoms. The van der Waals surface area contributed by atoms with Crippen LogP contribution in [0.1, 0.15) is 63.9 Å². The summed E-state index contributed by atoms with van der Waals surface area (Å²) in [7, 11) is 0. The Bertz CT molecular complexity index is 685. The largest absolute Gasteiger partial charge is 0.465 e. The molecule has 4 rings (SSSR count). The molecule has 3 heteroatoms. The van der Waals surface area contributed by atoms with Gasteiger partial charge in [0.2, 0.25) is 0 Å². The number of fused-ring (bicyclic) bond motifs is 3. The number of hydrogen-bond donors (Lipinski definition) is 0. The Labute approximate surface area is 138 Å². The summed E-state index contributed by atoms with van der Waals surface area (Å²) in [5.74, 6) is 1.28. The zero-order valence-corrected chi connectivity index (χ0v) is 14.5. The first kappa shape index (κ1) is 15.0. The van der Waals surface area contributed by atoms with Crippen LogP contribution in [0.15, 0.2) is 28.4 Å². The number of carbonyl (C=O) groups excluding carboxylic acids is 1. The molecule has 1 saturated carbocycles. The van der Waals surface area contributed by atoms with E-state index in [1.54, 1.807) is 6.26 Å². The number of aryl methyl sites for hydroxylation is 1. The van der Waals surface area contributed by atoms with Crippen molar-refractivity contribution >= 4 is 5.97 Å². The van der Waals surface area contributed by atoms with Crippen molar-refractivity contribution < 1.29 is 13.9 Å². The molecule has 1 saturated heterocycles. The van der Waals surface area contributed by atoms with E-state index < -0.39 is 0 Å². The van der Waals surface area contributed by atoms with E-state index in [-0.39, 0.29) is 28.8 Å². The van der Waals surface area contributed by atoms with Gasteiger partial charge in [0, 0.05) is 5.41 Å². The zero-order valence-electron chi connectivity index (χ0n) is 14.5. The topological polar surface area (TPSA) is 39.4 Å². The summed E-state index contributed by atoms with van der Waals surface area (Å²) in [5.41, 5.74) is 2.57. The van der Waals surface area contributed by atoms with E-state index in [2.05, 4.69) is 26.8 Å². The highest BCUT2D eigenvalue weighted by Gasteiger charge is 2.65. The fourth-order valence-corrected chi connectivity index (χ4v) is 5.71. The van der Waals surface area contributed by atoms with E-state index in [1.807, 2.05) is 13.0 Å². The second kappa shape index (κ2) is 4.75. The van der Waals surface area contributed by atoms with E-state index in [0.717, 1.165) is 37.0 Å². The molecule has 124 valence electrons. The van der Waals surface area contributed by atoms with E-state index in [4.69, 9.17) is 9.15 Å². The summed E-state index contributed by atoms with van der Waals surface area (Å²) in [6.45, 7) is 8.97. The molecule has 0 N–H and O–H groups in total. The molecule has 1 aliphatic heterocycles. The molecular weight excluding hydrogens is 288 g/mol. The predicted octanol–water partition coefficient (Wildman–Crippen LogP) is 4.96. The molecule has 1 aromatic rings. The average Bonchev–Trinajstić information content (AvgIpc) is 3.02. The highest BCUT2D eigenvalue weighted by molar-refractivity contribution is 5.77. The van der Waals surface area contributed by atoms with Crippen molar-refractivity contribution in [2.24, 2.45) is 22.7 Å². The Balaban J connectivity index is 1.85. The van der Waals surface area contributed by atoms with Gasteiger partial charge in [-0.25, -0.2) is 0 Å². The first-order valence-electron chi connectivity index (χ1n) is 8.80. The maximum absolute atomic E-state index is 12.6. The number of ether oxygens (including phenoxy) is 1. The van der Waals surface area contributed by atoms with Gasteiger partial charge in [0.15, 0.2) is 6.10 Å². The van der Waals surface area contributed by atoms with E-state index >= 15 is 0 Å². The molecule has 3 nitrogen and oxygen atoms in total. The van der Waals surface area contributed by atoms with E-state index in [1.165, 1.54) is 5.57 Å². The summed E-state index contributed by atoms with van der Waals surface area (Å²) in [5, 5.41) is 0. The van der Waals surface area contributed by atoms with Crippen molar-refractivity contribution in [3.8, 4) is 0 Å². The van der Waals surface area contributed by atoms with Gasteiger partial charge in [-0.15, -0.1) is 0 Å². The van der Waals surface area contributed by atoms with Crippen LogP contribution in [0.5, 0.6) is 0 Å². The van der Waals surface area contributed by atoms with Gasteiger partial charge in [0.05, 0.1) is 12.2 Å². The number of cyclic esters (lactones) is 1. The maximum Gasteiger partial charge on any atom is 0.310 e. The molecule has 5 unspecified atom stereocenters. The molecule has 0 aromatic carbocycles. The summed E-state index contributed by atoms with van der Waals surface area (Å²) < 4.78 is 11.7. The number of hydrogen-bond acceptors (Lipinski definition) is 3. The zero-order chi connectivity index (χ0) is 16.4. The summed E-state index contributed by atoms with van der Waals surface area (Å²) in [6, 6.07) is 1.97. The first-order valence-corrected chi connectivity index (χ1v) is 8.80. The summed E-state index contributed by atoms with van der Waals surface area (Å²) in [6.07, 6.45) is 8.10. The molecule has 2 heterocycles. The predicted molar refractivity (Wildman–Crippen MR) is 87.7 cm³/mol. The summed E-state index contributed by atoms with van der Waals surface area (Å²) in [4.78, 5) is 12.6. The third kappa shape index (κ3) is 1.79. The standard InChI is InChI=1S/C20H26O3/c1-12-9-11-22-16(12)17-20(4)14(18(21)23-17)8-10-19(3)13(2)6-5-7-15(19)20/h6,9,11,14-15,17H,5,7-8,10H2,1-4H3. The molecular formula is C20H26O3. The average molecular weight is 314 g/mol. The lowest BCUT2D eigenvalue weighted by molar-refractivity contribution is -0.145. The van der Waals surface area contributed by atoms with Crippen molar-refractivity contribution in [3.63, 3.8) is 0 Å². The lowest BCUT2D eigenvalue weighted by atomic mass is 9.47. The normalized spacial score (nSPS) is 42.7. The second-order valence-corrected chi connectivity index (χ2v) is 8.18. The van der Waals surface area contributed by atoms with E-state index in [9.17, 15) is 4.79 Å². The van der Waals surface area contributed by atoms with Crippen LogP contribution in [0.2, 0.25) is 0 Å². The van der Waals surface area contributed by atoms with Crippen LogP contribution < -0.4 is 0 Å². The molecule has 0 radical (unpaired) electrons. The van der Waals surface area contributed by atoms with Crippen LogP contribution in [0, 0.1) is 29.6 Å². The molecule has 2 fully saturated rings. The number of rotatable bonds is 1. The monoisotopic (exact) mass is 314 g/mol. The van der Waals surface area contributed by atoms with Gasteiger partial charge in [-0.1, -0.05) is 25.5 Å². The first-order chi connectivity index (χ1) is 10.9. The van der Waals surface area contributed by atoms with Gasteiger partial charge >= 0.3 is 5.97 Å². The SMILES string of the molecule is CC1=CCCC2C1(C)CCC1C(=O)OC(c3occc3C)C12C. The minimum atomic E-state index is -0.245. The van der Waals surface area contributed by atoms with Crippen molar-refractivity contribution in [2.45, 2.75) is 59.5 Å². The van der Waals surface area contributed by atoms with Crippen LogP contribution in [0.3, 0.4) is 0 Å². The smallest absolute Gasteiger partial charge is 0.310 e. The van der Waals surface area contributed by atoms with Gasteiger partial charge in [-0.2, -0.15) is 0 Å². The quantitative estimate of drug-likeness (QED) is 0.543. The van der Waals surface area contributed by atoms with Crippen LogP contribution >= 0.6 is 0 Å². The van der Waals surface area contributed by atoms with Crippen molar-refractivity contribution in [2.75, 3.05) is 0 Å². The van der Waals surface area contributed by atoms with Gasteiger partial charge in [0.1, 0.15) is 5.76 Å². The van der Waals surface area contributed by atoms with Crippen molar-refractivity contribution in [1.29, 1.82) is 0 Å². The van der Waals surface area contributed by atoms with Crippen LogP contribution in [-0.4, -0.2) is 5.97 Å². The fourth-order valence-electron chi connectivity index (χ4n) is 5.71. The Kier molecular flexibility index (Phi) is 3.11. The van der Waals surface area contributed by atoms with Crippen LogP contribution in [-0.2, 0) is 9.53 Å². The van der Waals surface area contributed by atoms with Gasteiger partial charge < -0.3 is 9.15 Å². The third-order valence-corrected chi connectivity index (χ3v) is 7.25. The van der Waals surface area contributed by atoms with Gasteiger partial charge in [-0.3, -0.25) is 4.79 Å². The highest BCUT2D eigenvalue weighted by atomic mass is 16.6. The molecule has 0 bridgehead atoms. The third-order valence-electron chi connectivity index (χ3n) is 7.25. The lowest BCUT2D eigenvalue weighted by Gasteiger charge is -2.55. The van der Waals surface area contributed by atoms with E-state index in [0.29, 0.717) is 5.92 Å². The van der Waals surface area contributed by atoms with Crippen molar-refractivity contribution in [1.82, 2.24) is 0 Å². The number of carbonyl (C=O) groups is 1. The van der Waals surface area contributed by atoms with Gasteiger partial charge in [-0.05, 0) is 62.5 Å². The lowest BCUT2D eigenvalue weighted by Crippen LogP contribution is -2.51. The van der Waals surface area contributed by atoms with Crippen molar-refractivity contribution in [3.05, 3.63) is 35.3 Å². The van der Waals surface area contributed by atoms with Gasteiger partial charge in [0.25, 0.3) is 0 Å². The minimum absolute atomic E-state index is 0.000903. The molecule has 0 amide bonds. The number of esters is 1. The Morgan fingerprint density at radius 2 is 2.00 bits per heavy atom. The van der Waals surface area contributed by atoms with Crippen LogP contribution in [0.25, 0.3) is 0 Å². The number of allylic oxidation sites excluding steroid dienone is 2. The second-order valence-electron chi connectivity index (χ2n) is 8.18. The maximum atomic E-state index is 12.6. The highest BCUT2D eigenvalue weighted by Crippen LogP contribution is 2.67. The minimum Gasteiger partial charge on any atom is -0.465 e. The summed E-state index contributed by atoms with van der Waals surface area (Å²) >= 11 is 0. The Hall–Kier alpha value is -1.51. The molecule has 1 aromatic heterocycles. The molecule has 5 atom stereocenters. The number of furan rings is 1. The molecule has 2 aliphatic carbocycles. The Morgan fingerprint density at radius 3 is 2.70 bits per heavy atom. The molecule has 3 aliphatic rings.